The first-order valence-corrected chi connectivity index (χ1v) is 4.36. The number of aromatic nitrogens is 2. The minimum Gasteiger partial charge on any atom is -0.268 e. The van der Waals surface area contributed by atoms with E-state index in [1.807, 2.05) is 0 Å². The van der Waals surface area contributed by atoms with Crippen LogP contribution in [0.1, 0.15) is 36.9 Å². The summed E-state index contributed by atoms with van der Waals surface area (Å²) in [6.45, 7) is 2.16. The molecule has 1 aromatic rings. The van der Waals surface area contributed by atoms with Gasteiger partial charge in [-0.25, -0.2) is 5.10 Å². The van der Waals surface area contributed by atoms with Gasteiger partial charge in [-0.1, -0.05) is 6.92 Å². The molecule has 0 saturated carbocycles. The van der Waals surface area contributed by atoms with E-state index in [1.54, 1.807) is 6.07 Å². The van der Waals surface area contributed by atoms with Crippen LogP contribution in [0.3, 0.4) is 0 Å². The lowest BCUT2D eigenvalue weighted by molar-refractivity contribution is 0.561. The fourth-order valence-corrected chi connectivity index (χ4v) is 1.81. The number of nitrogens with one attached hydrogen (secondary N) is 1. The van der Waals surface area contributed by atoms with Crippen molar-refractivity contribution in [3.05, 3.63) is 27.7 Å². The number of hydrogen-bond donors (Lipinski definition) is 1. The minimum absolute atomic E-state index is 0.0807. The zero-order valence-corrected chi connectivity index (χ0v) is 7.13. The predicted molar refractivity (Wildman–Crippen MR) is 46.2 cm³/mol. The summed E-state index contributed by atoms with van der Waals surface area (Å²) in [4.78, 5) is 10.9. The Morgan fingerprint density at radius 3 is 3.33 bits per heavy atom. The standard InChI is InChI=1S/C9H12N2O/c1-6-3-2-4-7-5-8(12)10-11-9(6)7/h5-6H,2-4H2,1H3,(H,10,12). The SMILES string of the molecule is CC1CCCc2cc(=O)[nH]nc21. The molecule has 1 heterocycles. The minimum atomic E-state index is -0.0807. The van der Waals surface area contributed by atoms with E-state index in [-0.39, 0.29) is 5.56 Å². The molecular weight excluding hydrogens is 152 g/mol. The van der Waals surface area contributed by atoms with Crippen LogP contribution >= 0.6 is 0 Å². The number of fused-ring (bicyclic) bond motifs is 1. The molecule has 1 aliphatic rings. The Kier molecular flexibility index (Phi) is 1.71. The van der Waals surface area contributed by atoms with Crippen molar-refractivity contribution in [3.8, 4) is 0 Å². The molecule has 0 saturated heterocycles. The number of rotatable bonds is 0. The maximum absolute atomic E-state index is 10.9. The molecule has 2 rings (SSSR count). The fraction of sp³-hybridized carbons (Fsp3) is 0.556. The largest absolute Gasteiger partial charge is 0.268 e. The third-order valence-electron chi connectivity index (χ3n) is 2.47. The lowest BCUT2D eigenvalue weighted by Crippen LogP contribution is -2.17. The molecule has 0 bridgehead atoms. The topological polar surface area (TPSA) is 45.8 Å². The first-order valence-electron chi connectivity index (χ1n) is 4.36. The van der Waals surface area contributed by atoms with Crippen LogP contribution in [0.4, 0.5) is 0 Å². The van der Waals surface area contributed by atoms with Gasteiger partial charge in [-0.15, -0.1) is 0 Å². The van der Waals surface area contributed by atoms with Gasteiger partial charge in [0.1, 0.15) is 0 Å². The molecule has 1 aliphatic carbocycles. The van der Waals surface area contributed by atoms with Crippen molar-refractivity contribution in [1.82, 2.24) is 10.2 Å². The van der Waals surface area contributed by atoms with Crippen LogP contribution in [0, 0.1) is 0 Å². The van der Waals surface area contributed by atoms with E-state index in [9.17, 15) is 4.79 Å². The molecule has 0 fully saturated rings. The van der Waals surface area contributed by atoms with Crippen molar-refractivity contribution in [3.63, 3.8) is 0 Å². The molecule has 0 spiro atoms. The highest BCUT2D eigenvalue weighted by Gasteiger charge is 2.17. The summed E-state index contributed by atoms with van der Waals surface area (Å²) in [5.41, 5.74) is 2.14. The van der Waals surface area contributed by atoms with Crippen LogP contribution in [-0.2, 0) is 6.42 Å². The number of H-pyrrole nitrogens is 1. The second kappa shape index (κ2) is 2.73. The zero-order valence-electron chi connectivity index (χ0n) is 7.13. The Balaban J connectivity index is 2.53. The van der Waals surface area contributed by atoms with Gasteiger partial charge in [-0.3, -0.25) is 4.79 Å². The van der Waals surface area contributed by atoms with Gasteiger partial charge in [0.2, 0.25) is 0 Å². The van der Waals surface area contributed by atoms with Gasteiger partial charge in [-0.05, 0) is 24.8 Å². The Hall–Kier alpha value is -1.12. The monoisotopic (exact) mass is 164 g/mol. The average Bonchev–Trinajstić information content (AvgIpc) is 2.04. The van der Waals surface area contributed by atoms with Gasteiger partial charge in [0.05, 0.1) is 5.69 Å². The highest BCUT2D eigenvalue weighted by molar-refractivity contribution is 5.23. The highest BCUT2D eigenvalue weighted by atomic mass is 16.1. The van der Waals surface area contributed by atoms with Gasteiger partial charge < -0.3 is 0 Å². The third-order valence-corrected chi connectivity index (χ3v) is 2.47. The molecule has 0 amide bonds. The van der Waals surface area contributed by atoms with Crippen molar-refractivity contribution >= 4 is 0 Å². The smallest absolute Gasteiger partial charge is 0.264 e. The molecule has 1 unspecified atom stereocenters. The van der Waals surface area contributed by atoms with Crippen molar-refractivity contribution in [2.75, 3.05) is 0 Å². The molecule has 0 radical (unpaired) electrons. The van der Waals surface area contributed by atoms with Crippen LogP contribution in [-0.4, -0.2) is 10.2 Å². The molecule has 1 aromatic heterocycles. The number of aromatic amines is 1. The highest BCUT2D eigenvalue weighted by Crippen LogP contribution is 2.27. The molecule has 3 nitrogen and oxygen atoms in total. The Morgan fingerprint density at radius 1 is 1.67 bits per heavy atom. The van der Waals surface area contributed by atoms with Crippen molar-refractivity contribution in [1.29, 1.82) is 0 Å². The van der Waals surface area contributed by atoms with Crippen LogP contribution in [0.25, 0.3) is 0 Å². The van der Waals surface area contributed by atoms with E-state index in [2.05, 4.69) is 17.1 Å². The van der Waals surface area contributed by atoms with E-state index in [0.29, 0.717) is 5.92 Å². The average molecular weight is 164 g/mol. The van der Waals surface area contributed by atoms with Crippen molar-refractivity contribution in [2.24, 2.45) is 0 Å². The summed E-state index contributed by atoms with van der Waals surface area (Å²) in [6.07, 6.45) is 3.38. The van der Waals surface area contributed by atoms with E-state index in [4.69, 9.17) is 0 Å². The lowest BCUT2D eigenvalue weighted by Gasteiger charge is -2.19. The quantitative estimate of drug-likeness (QED) is 0.626. The zero-order chi connectivity index (χ0) is 8.55. The van der Waals surface area contributed by atoms with E-state index < -0.39 is 0 Å². The van der Waals surface area contributed by atoms with Gasteiger partial charge in [0.25, 0.3) is 5.56 Å². The summed E-state index contributed by atoms with van der Waals surface area (Å²) in [7, 11) is 0. The normalized spacial score (nSPS) is 21.9. The summed E-state index contributed by atoms with van der Waals surface area (Å²) >= 11 is 0. The summed E-state index contributed by atoms with van der Waals surface area (Å²) in [5, 5.41) is 6.55. The first kappa shape index (κ1) is 7.53. The second-order valence-electron chi connectivity index (χ2n) is 3.44. The van der Waals surface area contributed by atoms with Gasteiger partial charge in [0.15, 0.2) is 0 Å². The van der Waals surface area contributed by atoms with E-state index in [1.165, 1.54) is 12.8 Å². The van der Waals surface area contributed by atoms with Gasteiger partial charge >= 0.3 is 0 Å². The maximum atomic E-state index is 10.9. The number of aryl methyl sites for hydroxylation is 1. The predicted octanol–water partition coefficient (Wildman–Crippen LogP) is 1.21. The molecular formula is C9H12N2O. The van der Waals surface area contributed by atoms with Crippen LogP contribution in [0.15, 0.2) is 10.9 Å². The molecule has 3 heteroatoms. The summed E-state index contributed by atoms with van der Waals surface area (Å²) < 4.78 is 0. The maximum Gasteiger partial charge on any atom is 0.264 e. The Morgan fingerprint density at radius 2 is 2.50 bits per heavy atom. The summed E-state index contributed by atoms with van der Waals surface area (Å²) in [6, 6.07) is 1.68. The molecule has 1 atom stereocenters. The summed E-state index contributed by atoms with van der Waals surface area (Å²) in [5.74, 6) is 0.505. The van der Waals surface area contributed by atoms with E-state index in [0.717, 1.165) is 17.7 Å². The van der Waals surface area contributed by atoms with Crippen LogP contribution < -0.4 is 5.56 Å². The van der Waals surface area contributed by atoms with E-state index >= 15 is 0 Å². The van der Waals surface area contributed by atoms with Crippen LogP contribution in [0.5, 0.6) is 0 Å². The molecule has 0 aromatic carbocycles. The molecule has 0 aliphatic heterocycles. The second-order valence-corrected chi connectivity index (χ2v) is 3.44. The molecule has 12 heavy (non-hydrogen) atoms. The number of nitrogens with zero attached hydrogens (tertiary/aromatic N) is 1. The van der Waals surface area contributed by atoms with Crippen molar-refractivity contribution in [2.45, 2.75) is 32.1 Å². The Bertz CT molecular complexity index is 343. The fourth-order valence-electron chi connectivity index (χ4n) is 1.81. The third kappa shape index (κ3) is 1.15. The number of hydrogen-bond acceptors (Lipinski definition) is 2. The van der Waals surface area contributed by atoms with Gasteiger partial charge in [-0.2, -0.15) is 5.10 Å². The van der Waals surface area contributed by atoms with Gasteiger partial charge in [0, 0.05) is 12.0 Å². The van der Waals surface area contributed by atoms with Crippen LogP contribution in [0.2, 0.25) is 0 Å². The Labute approximate surface area is 70.8 Å². The van der Waals surface area contributed by atoms with Crippen molar-refractivity contribution < 1.29 is 0 Å². The first-order chi connectivity index (χ1) is 5.77. The molecule has 1 N–H and O–H groups in total. The lowest BCUT2D eigenvalue weighted by atomic mass is 9.88. The molecule has 64 valence electrons.